The molecule has 9 heteroatoms. The Kier molecular flexibility index (Phi) is 9.60. The molecule has 0 fully saturated rings. The number of halogens is 2. The Labute approximate surface area is 178 Å². The molecule has 7 nitrogen and oxygen atoms in total. The van der Waals surface area contributed by atoms with Crippen LogP contribution >= 0.6 is 0 Å². The maximum absolute atomic E-state index is 11.8. The third-order valence-corrected chi connectivity index (χ3v) is 4.25. The van der Waals surface area contributed by atoms with Crippen LogP contribution in [0.1, 0.15) is 17.2 Å². The minimum Gasteiger partial charge on any atom is -0.435 e. The largest absolute Gasteiger partial charge is 0.435 e. The molecule has 3 rings (SSSR count). The van der Waals surface area contributed by atoms with Crippen molar-refractivity contribution in [2.75, 3.05) is 25.1 Å². The quantitative estimate of drug-likeness (QED) is 0.387. The third-order valence-electron chi connectivity index (χ3n) is 4.25. The van der Waals surface area contributed by atoms with E-state index in [0.29, 0.717) is 18.5 Å². The predicted molar refractivity (Wildman–Crippen MR) is 114 cm³/mol. The Hall–Kier alpha value is -3.30. The number of aryl methyl sites for hydroxylation is 1. The van der Waals surface area contributed by atoms with Crippen LogP contribution in [0.4, 0.5) is 14.6 Å². The Morgan fingerprint density at radius 2 is 1.84 bits per heavy atom. The number of carbonyl (C=O) groups excluding carboxylic acids is 1. The average molecular weight is 433 g/mol. The molecule has 0 saturated heterocycles. The van der Waals surface area contributed by atoms with Crippen LogP contribution in [-0.2, 0) is 4.79 Å². The first-order valence-corrected chi connectivity index (χ1v) is 9.53. The van der Waals surface area contributed by atoms with E-state index in [1.807, 2.05) is 12.3 Å². The van der Waals surface area contributed by atoms with Gasteiger partial charge in [0.2, 0.25) is 6.41 Å². The van der Waals surface area contributed by atoms with Crippen molar-refractivity contribution in [2.45, 2.75) is 19.6 Å². The molecular formula is C22H25F2N3O4. The van der Waals surface area contributed by atoms with E-state index in [2.05, 4.69) is 45.5 Å². The number of fused-ring (bicyclic) bond motifs is 1. The third kappa shape index (κ3) is 7.80. The fourth-order valence-corrected chi connectivity index (χ4v) is 2.76. The summed E-state index contributed by atoms with van der Waals surface area (Å²) in [5, 5.41) is 25.4. The maximum atomic E-state index is 11.8. The van der Waals surface area contributed by atoms with E-state index in [-0.39, 0.29) is 19.0 Å². The number of rotatable bonds is 9. The van der Waals surface area contributed by atoms with Crippen LogP contribution in [0.3, 0.4) is 0 Å². The minimum absolute atomic E-state index is 0.0292. The Morgan fingerprint density at radius 1 is 1.10 bits per heavy atom. The van der Waals surface area contributed by atoms with Gasteiger partial charge in [0, 0.05) is 18.1 Å². The molecule has 1 heterocycles. The number of hydrogen-bond acceptors (Lipinski definition) is 6. The summed E-state index contributed by atoms with van der Waals surface area (Å²) in [7, 11) is 0. The average Bonchev–Trinajstić information content (AvgIpc) is 2.76. The standard InChI is InChI=1S/C12H14N2O.C10H11F2NO3/c1-9-2-3-10-8-14-12(13-4-5-15)7-11(10)6-9;11-10(12)16-8-3-1-7(2-4-8)9(5-14)13-6-15/h2-3,6-8,15H,4-5H2,1H3,(H,13,14);1-4,6,9-10,14H,5H2,(H,13,15). The fourth-order valence-electron chi connectivity index (χ4n) is 2.76. The van der Waals surface area contributed by atoms with Crippen molar-refractivity contribution >= 4 is 23.0 Å². The van der Waals surface area contributed by atoms with E-state index in [1.54, 1.807) is 0 Å². The highest BCUT2D eigenvalue weighted by Crippen LogP contribution is 2.19. The van der Waals surface area contributed by atoms with Crippen molar-refractivity contribution in [3.8, 4) is 5.75 Å². The first-order chi connectivity index (χ1) is 15.0. The SMILES string of the molecule is Cc1ccc2cnc(NCCO)cc2c1.O=CNC(CO)c1ccc(OC(F)F)cc1. The molecule has 1 atom stereocenters. The normalized spacial score (nSPS) is 11.4. The number of nitrogens with one attached hydrogen (secondary N) is 2. The molecule has 3 aromatic rings. The van der Waals surface area contributed by atoms with Crippen LogP contribution in [0, 0.1) is 6.92 Å². The van der Waals surface area contributed by atoms with E-state index in [1.165, 1.54) is 35.2 Å². The number of anilines is 1. The summed E-state index contributed by atoms with van der Waals surface area (Å²) in [4.78, 5) is 14.5. The summed E-state index contributed by atoms with van der Waals surface area (Å²) in [5.41, 5.74) is 1.85. The molecule has 31 heavy (non-hydrogen) atoms. The highest BCUT2D eigenvalue weighted by molar-refractivity contribution is 5.84. The monoisotopic (exact) mass is 433 g/mol. The number of amides is 1. The van der Waals surface area contributed by atoms with Crippen molar-refractivity contribution in [3.05, 3.63) is 65.9 Å². The van der Waals surface area contributed by atoms with Gasteiger partial charge in [-0.15, -0.1) is 0 Å². The van der Waals surface area contributed by atoms with E-state index in [0.717, 1.165) is 11.2 Å². The second-order valence-electron chi connectivity index (χ2n) is 6.54. The Bertz CT molecular complexity index is 955. The van der Waals surface area contributed by atoms with Gasteiger partial charge in [-0.1, -0.05) is 35.9 Å². The molecule has 0 radical (unpaired) electrons. The Morgan fingerprint density at radius 3 is 2.45 bits per heavy atom. The summed E-state index contributed by atoms with van der Waals surface area (Å²) in [6, 6.07) is 13.4. The highest BCUT2D eigenvalue weighted by Gasteiger charge is 2.10. The topological polar surface area (TPSA) is 104 Å². The van der Waals surface area contributed by atoms with Gasteiger partial charge in [0.05, 0.1) is 19.3 Å². The molecular weight excluding hydrogens is 408 g/mol. The van der Waals surface area contributed by atoms with Gasteiger partial charge < -0.3 is 25.6 Å². The van der Waals surface area contributed by atoms with E-state index in [9.17, 15) is 13.6 Å². The molecule has 1 aromatic heterocycles. The van der Waals surface area contributed by atoms with Crippen LogP contribution in [0.25, 0.3) is 10.8 Å². The summed E-state index contributed by atoms with van der Waals surface area (Å²) in [6.07, 6.45) is 2.30. The lowest BCUT2D eigenvalue weighted by molar-refractivity contribution is -0.110. The summed E-state index contributed by atoms with van der Waals surface area (Å²) >= 11 is 0. The molecule has 166 valence electrons. The van der Waals surface area contributed by atoms with Crippen molar-refractivity contribution in [3.63, 3.8) is 0 Å². The van der Waals surface area contributed by atoms with Gasteiger partial charge in [0.25, 0.3) is 0 Å². The predicted octanol–water partition coefficient (Wildman–Crippen LogP) is 3.01. The van der Waals surface area contributed by atoms with Crippen molar-refractivity contribution in [1.82, 2.24) is 10.3 Å². The zero-order chi connectivity index (χ0) is 22.6. The molecule has 0 aliphatic carbocycles. The molecule has 0 saturated carbocycles. The molecule has 0 bridgehead atoms. The maximum Gasteiger partial charge on any atom is 0.387 e. The van der Waals surface area contributed by atoms with Gasteiger partial charge in [0.15, 0.2) is 0 Å². The zero-order valence-corrected chi connectivity index (χ0v) is 17.0. The van der Waals surface area contributed by atoms with Crippen molar-refractivity contribution < 1.29 is 28.5 Å². The van der Waals surface area contributed by atoms with Gasteiger partial charge in [-0.25, -0.2) is 4.98 Å². The minimum atomic E-state index is -2.87. The van der Waals surface area contributed by atoms with E-state index < -0.39 is 12.7 Å². The number of pyridine rings is 1. The second-order valence-corrected chi connectivity index (χ2v) is 6.54. The van der Waals surface area contributed by atoms with Crippen LogP contribution < -0.4 is 15.4 Å². The second kappa shape index (κ2) is 12.4. The van der Waals surface area contributed by atoms with Crippen LogP contribution in [0.5, 0.6) is 5.75 Å². The summed E-state index contributed by atoms with van der Waals surface area (Å²) in [5.74, 6) is 0.837. The first kappa shape index (κ1) is 24.0. The summed E-state index contributed by atoms with van der Waals surface area (Å²) in [6.45, 7) is -0.417. The molecule has 2 aromatic carbocycles. The zero-order valence-electron chi connectivity index (χ0n) is 17.0. The Balaban J connectivity index is 0.000000220. The number of benzene rings is 2. The molecule has 0 aliphatic heterocycles. The number of nitrogens with zero attached hydrogens (tertiary/aromatic N) is 1. The number of hydrogen-bond donors (Lipinski definition) is 4. The van der Waals surface area contributed by atoms with Gasteiger partial charge >= 0.3 is 6.61 Å². The fraction of sp³-hybridized carbons (Fsp3) is 0.273. The number of ether oxygens (including phenoxy) is 1. The van der Waals surface area contributed by atoms with Crippen LogP contribution in [0.2, 0.25) is 0 Å². The molecule has 1 unspecified atom stereocenters. The summed E-state index contributed by atoms with van der Waals surface area (Å²) < 4.78 is 27.8. The van der Waals surface area contributed by atoms with Gasteiger partial charge in [-0.05, 0) is 36.1 Å². The highest BCUT2D eigenvalue weighted by atomic mass is 19.3. The van der Waals surface area contributed by atoms with Gasteiger partial charge in [0.1, 0.15) is 11.6 Å². The number of aromatic nitrogens is 1. The van der Waals surface area contributed by atoms with E-state index >= 15 is 0 Å². The lowest BCUT2D eigenvalue weighted by Crippen LogP contribution is -2.22. The van der Waals surface area contributed by atoms with Gasteiger partial charge in [-0.2, -0.15) is 8.78 Å². The molecule has 0 aliphatic rings. The lowest BCUT2D eigenvalue weighted by atomic mass is 10.1. The molecule has 0 spiro atoms. The number of aliphatic hydroxyl groups excluding tert-OH is 2. The number of carbonyl (C=O) groups is 1. The first-order valence-electron chi connectivity index (χ1n) is 9.53. The number of aliphatic hydroxyl groups is 2. The molecule has 4 N–H and O–H groups in total. The van der Waals surface area contributed by atoms with Crippen LogP contribution in [-0.4, -0.2) is 48.0 Å². The smallest absolute Gasteiger partial charge is 0.387 e. The van der Waals surface area contributed by atoms with Crippen molar-refractivity contribution in [1.29, 1.82) is 0 Å². The van der Waals surface area contributed by atoms with Crippen molar-refractivity contribution in [2.24, 2.45) is 0 Å². The lowest BCUT2D eigenvalue weighted by Gasteiger charge is -2.13. The van der Waals surface area contributed by atoms with E-state index in [4.69, 9.17) is 10.2 Å². The molecule has 1 amide bonds. The van der Waals surface area contributed by atoms with Gasteiger partial charge in [-0.3, -0.25) is 4.79 Å². The number of alkyl halides is 2. The van der Waals surface area contributed by atoms with Crippen LogP contribution in [0.15, 0.2) is 54.7 Å².